The van der Waals surface area contributed by atoms with Crippen LogP contribution in [0.1, 0.15) is 21.7 Å². The van der Waals surface area contributed by atoms with E-state index in [0.717, 1.165) is 11.1 Å². The number of nitrogens with zero attached hydrogens (tertiary/aromatic N) is 1. The highest BCUT2D eigenvalue weighted by molar-refractivity contribution is 6.05. The molecule has 8 heteroatoms. The van der Waals surface area contributed by atoms with Gasteiger partial charge in [0.15, 0.2) is 5.75 Å². The number of nitro benzene ring substituents is 1. The second kappa shape index (κ2) is 7.93. The van der Waals surface area contributed by atoms with Gasteiger partial charge in [0, 0.05) is 22.9 Å². The average molecular weight is 382 g/mol. The summed E-state index contributed by atoms with van der Waals surface area (Å²) in [4.78, 5) is 23.0. The Bertz CT molecular complexity index is 1040. The topological polar surface area (TPSA) is 115 Å². The molecule has 0 spiro atoms. The van der Waals surface area contributed by atoms with Crippen LogP contribution >= 0.6 is 0 Å². The molecule has 1 heterocycles. The fraction of sp³-hybridized carbons (Fsp3) is 0.150. The number of aliphatic hydroxyl groups is 1. The Labute approximate surface area is 160 Å². The van der Waals surface area contributed by atoms with E-state index in [0.29, 0.717) is 17.2 Å². The van der Waals surface area contributed by atoms with Crippen molar-refractivity contribution in [2.24, 2.45) is 0 Å². The number of rotatable bonds is 6. The molecule has 0 saturated carbocycles. The monoisotopic (exact) mass is 382 g/mol. The Balaban J connectivity index is 1.82. The predicted octanol–water partition coefficient (Wildman–Crippen LogP) is 3.92. The molecule has 3 aromatic rings. The van der Waals surface area contributed by atoms with E-state index in [1.165, 1.54) is 25.3 Å². The van der Waals surface area contributed by atoms with E-state index in [-0.39, 0.29) is 23.6 Å². The normalized spacial score (nSPS) is 10.5. The van der Waals surface area contributed by atoms with Gasteiger partial charge in [-0.05, 0) is 55.0 Å². The van der Waals surface area contributed by atoms with Gasteiger partial charge in [-0.2, -0.15) is 0 Å². The van der Waals surface area contributed by atoms with E-state index in [2.05, 4.69) is 5.32 Å². The first-order chi connectivity index (χ1) is 13.4. The van der Waals surface area contributed by atoms with Gasteiger partial charge < -0.3 is 19.6 Å². The summed E-state index contributed by atoms with van der Waals surface area (Å²) in [5.74, 6) is 0.694. The van der Waals surface area contributed by atoms with Gasteiger partial charge in [0.1, 0.15) is 18.1 Å². The summed E-state index contributed by atoms with van der Waals surface area (Å²) in [6, 6.07) is 12.8. The molecule has 0 bridgehead atoms. The number of methoxy groups -OCH3 is 1. The molecule has 144 valence electrons. The number of amides is 1. The van der Waals surface area contributed by atoms with Crippen LogP contribution in [0, 0.1) is 17.0 Å². The molecule has 0 aliphatic carbocycles. The quantitative estimate of drug-likeness (QED) is 0.493. The first-order valence-corrected chi connectivity index (χ1v) is 8.37. The maximum Gasteiger partial charge on any atom is 0.311 e. The van der Waals surface area contributed by atoms with Crippen LogP contribution in [0.2, 0.25) is 0 Å². The van der Waals surface area contributed by atoms with E-state index >= 15 is 0 Å². The minimum Gasteiger partial charge on any atom is -0.490 e. The third kappa shape index (κ3) is 3.86. The molecule has 0 atom stereocenters. The molecule has 0 saturated heterocycles. The van der Waals surface area contributed by atoms with E-state index in [4.69, 9.17) is 14.3 Å². The smallest absolute Gasteiger partial charge is 0.311 e. The van der Waals surface area contributed by atoms with Crippen LogP contribution in [0.25, 0.3) is 11.3 Å². The molecule has 8 nitrogen and oxygen atoms in total. The molecule has 0 radical (unpaired) electrons. The van der Waals surface area contributed by atoms with Gasteiger partial charge in [-0.1, -0.05) is 0 Å². The largest absolute Gasteiger partial charge is 0.490 e. The van der Waals surface area contributed by atoms with Crippen LogP contribution in [0.15, 0.2) is 52.9 Å². The van der Waals surface area contributed by atoms with Crippen molar-refractivity contribution in [3.05, 3.63) is 75.5 Å². The zero-order chi connectivity index (χ0) is 20.3. The summed E-state index contributed by atoms with van der Waals surface area (Å²) in [5.41, 5.74) is 2.10. The van der Waals surface area contributed by atoms with Gasteiger partial charge >= 0.3 is 5.69 Å². The Morgan fingerprint density at radius 1 is 1.21 bits per heavy atom. The van der Waals surface area contributed by atoms with Gasteiger partial charge in [0.05, 0.1) is 12.0 Å². The predicted molar refractivity (Wildman–Crippen MR) is 102 cm³/mol. The van der Waals surface area contributed by atoms with Crippen molar-refractivity contribution in [3.8, 4) is 17.1 Å². The Hall–Kier alpha value is -3.65. The minimum absolute atomic E-state index is 0.0856. The average Bonchev–Trinajstić information content (AvgIpc) is 3.16. The second-order valence-corrected chi connectivity index (χ2v) is 6.05. The van der Waals surface area contributed by atoms with Crippen LogP contribution in [-0.4, -0.2) is 23.0 Å². The summed E-state index contributed by atoms with van der Waals surface area (Å²) >= 11 is 0. The number of hydrogen-bond acceptors (Lipinski definition) is 6. The molecule has 3 rings (SSSR count). The number of anilines is 1. The third-order valence-corrected chi connectivity index (χ3v) is 4.20. The van der Waals surface area contributed by atoms with Gasteiger partial charge in [0.25, 0.3) is 5.91 Å². The molecular weight excluding hydrogens is 364 g/mol. The van der Waals surface area contributed by atoms with Crippen LogP contribution in [-0.2, 0) is 6.61 Å². The lowest BCUT2D eigenvalue weighted by Crippen LogP contribution is -2.12. The van der Waals surface area contributed by atoms with Gasteiger partial charge in [-0.3, -0.25) is 14.9 Å². The van der Waals surface area contributed by atoms with Crippen molar-refractivity contribution < 1.29 is 24.0 Å². The highest BCUT2D eigenvalue weighted by atomic mass is 16.6. The number of furan rings is 1. The van der Waals surface area contributed by atoms with Gasteiger partial charge in [0.2, 0.25) is 0 Å². The number of benzene rings is 2. The van der Waals surface area contributed by atoms with E-state index < -0.39 is 10.8 Å². The first-order valence-electron chi connectivity index (χ1n) is 8.37. The molecule has 0 unspecified atom stereocenters. The summed E-state index contributed by atoms with van der Waals surface area (Å²) in [6.07, 6.45) is 0. The second-order valence-electron chi connectivity index (χ2n) is 6.05. The Morgan fingerprint density at radius 3 is 2.61 bits per heavy atom. The number of ether oxygens (including phenoxy) is 1. The van der Waals surface area contributed by atoms with Crippen LogP contribution in [0.4, 0.5) is 11.4 Å². The molecule has 28 heavy (non-hydrogen) atoms. The molecular formula is C20H18N2O6. The van der Waals surface area contributed by atoms with Crippen molar-refractivity contribution in [2.45, 2.75) is 13.5 Å². The lowest BCUT2D eigenvalue weighted by atomic mass is 10.1. The van der Waals surface area contributed by atoms with Crippen molar-refractivity contribution >= 4 is 17.3 Å². The number of aryl methyl sites for hydroxylation is 1. The standard InChI is InChI=1S/C20H18N2O6/c1-12-9-14(4-6-16(12)18-8-5-15(11-23)28-18)21-20(24)13-3-7-19(27-2)17(10-13)22(25)26/h3-10,23H,11H2,1-2H3,(H,21,24). The lowest BCUT2D eigenvalue weighted by Gasteiger charge is -2.09. The van der Waals surface area contributed by atoms with Crippen LogP contribution in [0.5, 0.6) is 5.75 Å². The maximum absolute atomic E-state index is 12.5. The summed E-state index contributed by atoms with van der Waals surface area (Å²) in [7, 11) is 1.33. The summed E-state index contributed by atoms with van der Waals surface area (Å²) in [6.45, 7) is 1.69. The summed E-state index contributed by atoms with van der Waals surface area (Å²) in [5, 5.41) is 23.0. The number of aliphatic hydroxyl groups excluding tert-OH is 1. The number of nitrogens with one attached hydrogen (secondary N) is 1. The van der Waals surface area contributed by atoms with E-state index in [9.17, 15) is 14.9 Å². The minimum atomic E-state index is -0.599. The molecule has 1 amide bonds. The summed E-state index contributed by atoms with van der Waals surface area (Å²) < 4.78 is 10.5. The molecule has 0 aliphatic rings. The molecule has 0 fully saturated rings. The Morgan fingerprint density at radius 2 is 2.00 bits per heavy atom. The van der Waals surface area contributed by atoms with Gasteiger partial charge in [-0.15, -0.1) is 0 Å². The van der Waals surface area contributed by atoms with Crippen LogP contribution in [0.3, 0.4) is 0 Å². The fourth-order valence-corrected chi connectivity index (χ4v) is 2.80. The van der Waals surface area contributed by atoms with Crippen LogP contribution < -0.4 is 10.1 Å². The number of hydrogen-bond donors (Lipinski definition) is 2. The van der Waals surface area contributed by atoms with E-state index in [1.54, 1.807) is 30.3 Å². The maximum atomic E-state index is 12.5. The van der Waals surface area contributed by atoms with Crippen molar-refractivity contribution in [1.29, 1.82) is 0 Å². The number of carbonyl (C=O) groups excluding carboxylic acids is 1. The first kappa shape index (κ1) is 19.1. The highest BCUT2D eigenvalue weighted by Gasteiger charge is 2.18. The molecule has 2 aromatic carbocycles. The molecule has 2 N–H and O–H groups in total. The van der Waals surface area contributed by atoms with E-state index in [1.807, 2.05) is 6.92 Å². The highest BCUT2D eigenvalue weighted by Crippen LogP contribution is 2.29. The fourth-order valence-electron chi connectivity index (χ4n) is 2.80. The molecule has 1 aromatic heterocycles. The third-order valence-electron chi connectivity index (χ3n) is 4.20. The zero-order valence-electron chi connectivity index (χ0n) is 15.3. The van der Waals surface area contributed by atoms with Crippen molar-refractivity contribution in [3.63, 3.8) is 0 Å². The van der Waals surface area contributed by atoms with Gasteiger partial charge in [-0.25, -0.2) is 0 Å². The lowest BCUT2D eigenvalue weighted by molar-refractivity contribution is -0.385. The SMILES string of the molecule is COc1ccc(C(=O)Nc2ccc(-c3ccc(CO)o3)c(C)c2)cc1[N+](=O)[O-]. The Kier molecular flexibility index (Phi) is 5.42. The van der Waals surface area contributed by atoms with Crippen molar-refractivity contribution in [2.75, 3.05) is 12.4 Å². The molecule has 0 aliphatic heterocycles. The number of carbonyl (C=O) groups is 1. The zero-order valence-corrected chi connectivity index (χ0v) is 15.3. The number of nitro groups is 1. The van der Waals surface area contributed by atoms with Crippen molar-refractivity contribution in [1.82, 2.24) is 0 Å².